The van der Waals surface area contributed by atoms with Gasteiger partial charge in [-0.05, 0) is 59.8 Å². The normalized spacial score (nSPS) is 12.0. The molecule has 15 heteroatoms. The molecule has 43 heavy (non-hydrogen) atoms. The highest BCUT2D eigenvalue weighted by molar-refractivity contribution is 8.00. The molecule has 0 aliphatic carbocycles. The molecule has 0 unspecified atom stereocenters. The lowest BCUT2D eigenvalue weighted by Gasteiger charge is -2.22. The minimum atomic E-state index is -4.75. The number of anilines is 1. The number of halogens is 4. The third kappa shape index (κ3) is 6.17. The van der Waals surface area contributed by atoms with Crippen LogP contribution in [0.1, 0.15) is 5.56 Å². The van der Waals surface area contributed by atoms with E-state index in [1.54, 1.807) is 24.3 Å². The third-order valence-electron chi connectivity index (χ3n) is 6.32. The molecule has 2 heterocycles. The van der Waals surface area contributed by atoms with Crippen molar-refractivity contribution in [3.8, 4) is 17.2 Å². The van der Waals surface area contributed by atoms with Gasteiger partial charge in [0.25, 0.3) is 15.6 Å². The first-order chi connectivity index (χ1) is 20.4. The molecule has 2 aromatic heterocycles. The number of nitrogens with zero attached hydrogens (tertiary/aromatic N) is 3. The van der Waals surface area contributed by atoms with Gasteiger partial charge in [0.15, 0.2) is 5.82 Å². The van der Waals surface area contributed by atoms with Crippen LogP contribution in [0.15, 0.2) is 98.2 Å². The van der Waals surface area contributed by atoms with E-state index >= 15 is 0 Å². The number of hydrogen-bond acceptors (Lipinski definition) is 8. The number of fused-ring (bicyclic) bond motifs is 1. The Morgan fingerprint density at radius 1 is 0.977 bits per heavy atom. The van der Waals surface area contributed by atoms with Crippen LogP contribution in [0.3, 0.4) is 0 Å². The molecule has 224 valence electrons. The second-order valence-corrected chi connectivity index (χ2v) is 11.9. The number of aromatic nitrogens is 2. The molecule has 0 saturated carbocycles. The number of sulfonamides is 1. The van der Waals surface area contributed by atoms with Crippen molar-refractivity contribution < 1.29 is 40.0 Å². The minimum Gasteiger partial charge on any atom is -0.497 e. The highest BCUT2D eigenvalue weighted by atomic mass is 32.2. The van der Waals surface area contributed by atoms with E-state index in [0.717, 1.165) is 27.1 Å². The molecule has 0 spiro atoms. The van der Waals surface area contributed by atoms with Crippen molar-refractivity contribution >= 4 is 38.5 Å². The van der Waals surface area contributed by atoms with Crippen LogP contribution in [-0.4, -0.2) is 37.9 Å². The summed E-state index contributed by atoms with van der Waals surface area (Å²) in [6.45, 7) is -0.102. The molecule has 0 amide bonds. The van der Waals surface area contributed by atoms with Gasteiger partial charge in [-0.3, -0.25) is 9.36 Å². The molecule has 0 atom stereocenters. The highest BCUT2D eigenvalue weighted by Crippen LogP contribution is 2.41. The Hall–Kier alpha value is -4.50. The number of hydrogen-bond donors (Lipinski definition) is 0. The zero-order valence-corrected chi connectivity index (χ0v) is 24.0. The smallest absolute Gasteiger partial charge is 0.446 e. The predicted octanol–water partition coefficient (Wildman–Crippen LogP) is 6.14. The van der Waals surface area contributed by atoms with Gasteiger partial charge in [-0.1, -0.05) is 17.3 Å². The number of methoxy groups -OCH3 is 2. The van der Waals surface area contributed by atoms with Crippen molar-refractivity contribution in [2.24, 2.45) is 0 Å². The zero-order valence-electron chi connectivity index (χ0n) is 22.3. The molecule has 5 aromatic rings. The first-order valence-corrected chi connectivity index (χ1v) is 14.5. The first-order valence-electron chi connectivity index (χ1n) is 12.3. The van der Waals surface area contributed by atoms with Crippen molar-refractivity contribution in [3.63, 3.8) is 0 Å². The van der Waals surface area contributed by atoms with Gasteiger partial charge < -0.3 is 14.0 Å². The van der Waals surface area contributed by atoms with Crippen LogP contribution in [-0.2, 0) is 16.6 Å². The van der Waals surface area contributed by atoms with Crippen LogP contribution < -0.4 is 19.3 Å². The molecule has 0 saturated heterocycles. The number of ether oxygens (including phenoxy) is 2. The van der Waals surface area contributed by atoms with Crippen LogP contribution in [0.4, 0.5) is 23.4 Å². The monoisotopic (exact) mass is 635 g/mol. The second-order valence-electron chi connectivity index (χ2n) is 8.95. The van der Waals surface area contributed by atoms with E-state index in [9.17, 15) is 30.8 Å². The Morgan fingerprint density at radius 3 is 2.35 bits per heavy atom. The standard InChI is InChI=1S/C28H21F4N3O6S2/c1-39-19-6-3-17(4-7-19)16-34(26-11-12-41-33-26)43(37,38)20-8-9-22-18(13-20)5-10-27(36)35(22)23-14-21(29)25(15-24(23)40-2)42-28(30,31)32/h3-15H,16H2,1-2H3. The summed E-state index contributed by atoms with van der Waals surface area (Å²) in [5.41, 5.74) is -4.78. The molecule has 3 aromatic carbocycles. The van der Waals surface area contributed by atoms with E-state index in [-0.39, 0.29) is 39.6 Å². The molecule has 5 rings (SSSR count). The van der Waals surface area contributed by atoms with Gasteiger partial charge in [-0.25, -0.2) is 17.1 Å². The van der Waals surface area contributed by atoms with E-state index in [1.165, 1.54) is 50.8 Å². The summed E-state index contributed by atoms with van der Waals surface area (Å²) in [6.07, 6.45) is 1.23. The highest BCUT2D eigenvalue weighted by Gasteiger charge is 2.32. The molecular weight excluding hydrogens is 614 g/mol. The lowest BCUT2D eigenvalue weighted by molar-refractivity contribution is -0.0329. The Kier molecular flexibility index (Phi) is 8.12. The first kappa shape index (κ1) is 30.0. The number of rotatable bonds is 9. The Labute approximate surface area is 246 Å². The van der Waals surface area contributed by atoms with Crippen molar-refractivity contribution in [2.75, 3.05) is 18.5 Å². The van der Waals surface area contributed by atoms with Gasteiger partial charge in [0.1, 0.15) is 23.6 Å². The van der Waals surface area contributed by atoms with E-state index in [4.69, 9.17) is 14.0 Å². The zero-order chi connectivity index (χ0) is 30.9. The lowest BCUT2D eigenvalue weighted by atomic mass is 10.2. The number of pyridine rings is 1. The topological polar surface area (TPSA) is 104 Å². The van der Waals surface area contributed by atoms with Gasteiger partial charge in [0.05, 0.1) is 41.8 Å². The summed E-state index contributed by atoms with van der Waals surface area (Å²) in [7, 11) is -1.58. The fraction of sp³-hybridized carbons (Fsp3) is 0.143. The largest absolute Gasteiger partial charge is 0.497 e. The lowest BCUT2D eigenvalue weighted by Crippen LogP contribution is -2.31. The van der Waals surface area contributed by atoms with Gasteiger partial charge in [0.2, 0.25) is 0 Å². The SMILES string of the molecule is COc1ccc(CN(c2ccon2)S(=O)(=O)c2ccc3c(ccc(=O)n3-c3cc(F)c(SC(F)(F)F)cc3OC)c2)cc1. The summed E-state index contributed by atoms with van der Waals surface area (Å²) in [5.74, 6) is -0.803. The van der Waals surface area contributed by atoms with E-state index in [2.05, 4.69) is 5.16 Å². The second kappa shape index (κ2) is 11.6. The minimum absolute atomic E-state index is 0.0258. The van der Waals surface area contributed by atoms with Crippen LogP contribution >= 0.6 is 11.8 Å². The Balaban J connectivity index is 1.60. The van der Waals surface area contributed by atoms with Crippen molar-refractivity contribution in [2.45, 2.75) is 21.8 Å². The molecule has 0 bridgehead atoms. The molecular formula is C28H21F4N3O6S2. The Morgan fingerprint density at radius 2 is 1.72 bits per heavy atom. The van der Waals surface area contributed by atoms with E-state index in [0.29, 0.717) is 11.3 Å². The average Bonchev–Trinajstić information content (AvgIpc) is 3.50. The molecule has 0 aliphatic rings. The summed E-state index contributed by atoms with van der Waals surface area (Å²) in [4.78, 5) is 12.1. The fourth-order valence-corrected chi connectivity index (χ4v) is 6.35. The van der Waals surface area contributed by atoms with Crippen LogP contribution in [0, 0.1) is 5.82 Å². The molecule has 0 aliphatic heterocycles. The molecule has 0 radical (unpaired) electrons. The van der Waals surface area contributed by atoms with Crippen LogP contribution in [0.25, 0.3) is 16.6 Å². The van der Waals surface area contributed by atoms with Crippen molar-refractivity contribution in [1.82, 2.24) is 9.72 Å². The van der Waals surface area contributed by atoms with E-state index in [1.807, 2.05) is 0 Å². The van der Waals surface area contributed by atoms with Gasteiger partial charge >= 0.3 is 5.51 Å². The number of thioether (sulfide) groups is 1. The van der Waals surface area contributed by atoms with Crippen LogP contribution in [0.5, 0.6) is 11.5 Å². The summed E-state index contributed by atoms with van der Waals surface area (Å²) in [5, 5.41) is 4.07. The quantitative estimate of drug-likeness (QED) is 0.141. The van der Waals surface area contributed by atoms with Crippen molar-refractivity contribution in [1.29, 1.82) is 0 Å². The number of alkyl halides is 3. The Bertz CT molecular complexity index is 1940. The maximum atomic E-state index is 14.8. The summed E-state index contributed by atoms with van der Waals surface area (Å²) in [6, 6.07) is 16.2. The predicted molar refractivity (Wildman–Crippen MR) is 151 cm³/mol. The fourth-order valence-electron chi connectivity index (χ4n) is 4.35. The maximum Gasteiger partial charge on any atom is 0.446 e. The van der Waals surface area contributed by atoms with Gasteiger partial charge in [-0.15, -0.1) is 0 Å². The summed E-state index contributed by atoms with van der Waals surface area (Å²) >= 11 is -0.655. The summed E-state index contributed by atoms with van der Waals surface area (Å²) < 4.78 is 98.7. The van der Waals surface area contributed by atoms with E-state index < -0.39 is 43.6 Å². The average molecular weight is 636 g/mol. The maximum absolute atomic E-state index is 14.8. The number of benzene rings is 3. The van der Waals surface area contributed by atoms with Gasteiger partial charge in [-0.2, -0.15) is 13.2 Å². The molecule has 0 N–H and O–H groups in total. The third-order valence-corrected chi connectivity index (χ3v) is 8.83. The van der Waals surface area contributed by atoms with Crippen molar-refractivity contribution in [3.05, 3.63) is 101 Å². The molecule has 9 nitrogen and oxygen atoms in total. The molecule has 0 fully saturated rings. The van der Waals surface area contributed by atoms with Gasteiger partial charge in [0, 0.05) is 23.6 Å². The van der Waals surface area contributed by atoms with Crippen LogP contribution in [0.2, 0.25) is 0 Å².